The largest absolute Gasteiger partial charge is 0.364 e. The molecule has 0 bridgehead atoms. The normalized spacial score (nSPS) is 15.0. The number of benzene rings is 1. The number of rotatable bonds is 5. The number of fused-ring (bicyclic) bond motifs is 1. The van der Waals surface area contributed by atoms with Crippen molar-refractivity contribution in [3.8, 4) is 11.3 Å². The first kappa shape index (κ1) is 21.9. The van der Waals surface area contributed by atoms with Crippen LogP contribution in [0.15, 0.2) is 66.1 Å². The van der Waals surface area contributed by atoms with Crippen LogP contribution >= 0.6 is 11.9 Å². The van der Waals surface area contributed by atoms with E-state index in [4.69, 9.17) is 0 Å². The first-order valence-electron chi connectivity index (χ1n) is 11.0. The third-order valence-corrected chi connectivity index (χ3v) is 7.04. The molecule has 8 heteroatoms. The summed E-state index contributed by atoms with van der Waals surface area (Å²) in [7, 11) is 0. The van der Waals surface area contributed by atoms with Crippen molar-refractivity contribution >= 4 is 28.5 Å². The van der Waals surface area contributed by atoms with Crippen LogP contribution in [0.5, 0.6) is 0 Å². The molecule has 1 saturated heterocycles. The van der Waals surface area contributed by atoms with Gasteiger partial charge < -0.3 is 4.90 Å². The minimum Gasteiger partial charge on any atom is -0.364 e. The first-order valence-corrected chi connectivity index (χ1v) is 11.8. The Morgan fingerprint density at radius 1 is 0.970 bits per heavy atom. The summed E-state index contributed by atoms with van der Waals surface area (Å²) in [5.41, 5.74) is 2.68. The van der Waals surface area contributed by atoms with Crippen molar-refractivity contribution in [3.63, 3.8) is 0 Å². The fourth-order valence-electron chi connectivity index (χ4n) is 4.31. The van der Waals surface area contributed by atoms with Crippen molar-refractivity contribution in [1.29, 1.82) is 0 Å². The quantitative estimate of drug-likeness (QED) is 0.391. The molecule has 1 fully saturated rings. The molecule has 4 aromatic rings. The summed E-state index contributed by atoms with van der Waals surface area (Å²) >= 11 is 1.27. The summed E-state index contributed by atoms with van der Waals surface area (Å²) in [4.78, 5) is 13.4. The number of hydrogen-bond donors (Lipinski definition) is 0. The van der Waals surface area contributed by atoms with Crippen molar-refractivity contribution in [2.75, 3.05) is 31.1 Å². The lowest BCUT2D eigenvalue weighted by Gasteiger charge is -2.38. The second kappa shape index (κ2) is 9.11. The van der Waals surface area contributed by atoms with Crippen LogP contribution in [0.3, 0.4) is 0 Å². The van der Waals surface area contributed by atoms with Crippen LogP contribution in [-0.2, 0) is 0 Å². The van der Waals surface area contributed by atoms with Gasteiger partial charge in [-0.15, -0.1) is 0 Å². The van der Waals surface area contributed by atoms with Gasteiger partial charge in [-0.1, -0.05) is 6.07 Å². The van der Waals surface area contributed by atoms with Crippen LogP contribution < -0.4 is 4.90 Å². The van der Waals surface area contributed by atoms with E-state index in [1.54, 1.807) is 18.6 Å². The minimum atomic E-state index is -0.528. The van der Waals surface area contributed by atoms with Crippen molar-refractivity contribution in [2.45, 2.75) is 24.8 Å². The molecule has 5 nitrogen and oxygen atoms in total. The van der Waals surface area contributed by atoms with Gasteiger partial charge in [-0.2, -0.15) is 0 Å². The fraction of sp³-hybridized carbons (Fsp3) is 0.280. The predicted octanol–water partition coefficient (Wildman–Crippen LogP) is 5.46. The molecule has 0 aliphatic carbocycles. The molecule has 4 heterocycles. The molecule has 170 valence electrons. The van der Waals surface area contributed by atoms with Gasteiger partial charge in [0.25, 0.3) is 0 Å². The van der Waals surface area contributed by atoms with Crippen molar-refractivity contribution < 1.29 is 8.78 Å². The second-order valence-corrected chi connectivity index (χ2v) is 9.47. The number of anilines is 1. The molecule has 1 aliphatic heterocycles. The smallest absolute Gasteiger partial charge is 0.150 e. The molecular formula is C25H25F2N5S. The maximum atomic E-state index is 15.0. The summed E-state index contributed by atoms with van der Waals surface area (Å²) in [6.07, 6.45) is 7.17. The zero-order valence-electron chi connectivity index (χ0n) is 18.6. The molecule has 0 spiro atoms. The number of pyridine rings is 2. The lowest BCUT2D eigenvalue weighted by atomic mass is 10.1. The van der Waals surface area contributed by atoms with Gasteiger partial charge in [-0.3, -0.25) is 18.8 Å². The third-order valence-electron chi connectivity index (χ3n) is 6.08. The monoisotopic (exact) mass is 465 g/mol. The van der Waals surface area contributed by atoms with Gasteiger partial charge in [0, 0.05) is 66.7 Å². The third kappa shape index (κ3) is 4.32. The number of halogens is 2. The van der Waals surface area contributed by atoms with Gasteiger partial charge in [-0.05, 0) is 56.1 Å². The highest BCUT2D eigenvalue weighted by Gasteiger charge is 2.24. The van der Waals surface area contributed by atoms with E-state index in [0.29, 0.717) is 24.0 Å². The Kier molecular flexibility index (Phi) is 6.03. The van der Waals surface area contributed by atoms with E-state index in [0.717, 1.165) is 35.2 Å². The summed E-state index contributed by atoms with van der Waals surface area (Å²) in [5, 5.41) is 0.983. The van der Waals surface area contributed by atoms with Crippen LogP contribution in [0.25, 0.3) is 22.2 Å². The maximum absolute atomic E-state index is 15.0. The Morgan fingerprint density at radius 3 is 2.39 bits per heavy atom. The lowest BCUT2D eigenvalue weighted by molar-refractivity contribution is 0.208. The predicted molar refractivity (Wildman–Crippen MR) is 129 cm³/mol. The Hall–Kier alpha value is -2.97. The average Bonchev–Trinajstić information content (AvgIpc) is 3.22. The molecule has 0 amide bonds. The summed E-state index contributed by atoms with van der Waals surface area (Å²) < 4.78 is 32.0. The van der Waals surface area contributed by atoms with Crippen molar-refractivity contribution in [2.24, 2.45) is 0 Å². The molecule has 0 saturated carbocycles. The summed E-state index contributed by atoms with van der Waals surface area (Å²) in [6, 6.07) is 11.0. The van der Waals surface area contributed by atoms with Crippen molar-refractivity contribution in [1.82, 2.24) is 18.8 Å². The van der Waals surface area contributed by atoms with Crippen LogP contribution in [0, 0.1) is 11.6 Å². The molecule has 5 rings (SSSR count). The lowest BCUT2D eigenvalue weighted by Crippen LogP contribution is -2.49. The van der Waals surface area contributed by atoms with Gasteiger partial charge >= 0.3 is 0 Å². The molecule has 1 aliphatic rings. The minimum absolute atomic E-state index is 0.0687. The van der Waals surface area contributed by atoms with Crippen LogP contribution in [0.1, 0.15) is 13.8 Å². The highest BCUT2D eigenvalue weighted by molar-refractivity contribution is 7.98. The topological polar surface area (TPSA) is 37.2 Å². The van der Waals surface area contributed by atoms with Crippen LogP contribution in [-0.4, -0.2) is 51.1 Å². The molecule has 0 unspecified atom stereocenters. The standard InChI is InChI=1S/C25H25F2N5S/c1-17(2)30-9-11-31(12-10-30)25-21(26)13-18(14-22(25)27)33-32-8-6-19-20(15-28-16-24(19)32)23-5-3-4-7-29-23/h3-8,13-17H,9-12H2,1-2H3. The molecule has 0 atom stereocenters. The Bertz CT molecular complexity index is 1240. The van der Waals surface area contributed by atoms with E-state index in [1.807, 2.05) is 39.3 Å². The summed E-state index contributed by atoms with van der Waals surface area (Å²) in [5.74, 6) is -1.06. The number of hydrogen-bond acceptors (Lipinski definition) is 5. The van der Waals surface area contributed by atoms with Gasteiger partial charge in [-0.25, -0.2) is 8.78 Å². The Labute approximate surface area is 196 Å². The number of aromatic nitrogens is 3. The van der Waals surface area contributed by atoms with E-state index in [1.165, 1.54) is 24.1 Å². The van der Waals surface area contributed by atoms with E-state index in [2.05, 4.69) is 28.7 Å². The van der Waals surface area contributed by atoms with E-state index < -0.39 is 11.6 Å². The van der Waals surface area contributed by atoms with Crippen LogP contribution in [0.4, 0.5) is 14.5 Å². The first-order chi connectivity index (χ1) is 16.0. The van der Waals surface area contributed by atoms with Gasteiger partial charge in [0.15, 0.2) is 11.6 Å². The summed E-state index contributed by atoms with van der Waals surface area (Å²) in [6.45, 7) is 7.11. The van der Waals surface area contributed by atoms with Gasteiger partial charge in [0.2, 0.25) is 0 Å². The molecule has 0 radical (unpaired) electrons. The molecule has 0 N–H and O–H groups in total. The Morgan fingerprint density at radius 2 is 1.73 bits per heavy atom. The Balaban J connectivity index is 1.40. The highest BCUT2D eigenvalue weighted by Crippen LogP contribution is 2.34. The van der Waals surface area contributed by atoms with E-state index in [-0.39, 0.29) is 5.69 Å². The number of piperazine rings is 1. The second-order valence-electron chi connectivity index (χ2n) is 8.42. The zero-order chi connectivity index (χ0) is 22.9. The van der Waals surface area contributed by atoms with Crippen molar-refractivity contribution in [3.05, 3.63) is 72.8 Å². The SMILES string of the molecule is CC(C)N1CCN(c2c(F)cc(Sn3ccc4c(-c5ccccn5)cncc43)cc2F)CC1. The molecule has 3 aromatic heterocycles. The maximum Gasteiger partial charge on any atom is 0.150 e. The fourth-order valence-corrected chi connectivity index (χ4v) is 5.22. The number of nitrogens with zero attached hydrogens (tertiary/aromatic N) is 5. The van der Waals surface area contributed by atoms with E-state index >= 15 is 8.78 Å². The van der Waals surface area contributed by atoms with E-state index in [9.17, 15) is 0 Å². The molecular weight excluding hydrogens is 440 g/mol. The van der Waals surface area contributed by atoms with Crippen LogP contribution in [0.2, 0.25) is 0 Å². The zero-order valence-corrected chi connectivity index (χ0v) is 19.4. The molecule has 33 heavy (non-hydrogen) atoms. The van der Waals surface area contributed by atoms with Gasteiger partial charge in [0.1, 0.15) is 5.69 Å². The van der Waals surface area contributed by atoms with Gasteiger partial charge in [0.05, 0.1) is 17.4 Å². The highest BCUT2D eigenvalue weighted by atomic mass is 32.2. The average molecular weight is 466 g/mol. The molecule has 1 aromatic carbocycles.